The van der Waals surface area contributed by atoms with Crippen LogP contribution in [-0.4, -0.2) is 20.4 Å². The van der Waals surface area contributed by atoms with E-state index >= 15 is 0 Å². The maximum Gasteiger partial charge on any atom is 0.265 e. The summed E-state index contributed by atoms with van der Waals surface area (Å²) in [5, 5.41) is 3.68. The molecule has 0 spiro atoms. The molecular weight excluding hydrogens is 471 g/mol. The van der Waals surface area contributed by atoms with E-state index in [2.05, 4.69) is 10.0 Å². The third kappa shape index (κ3) is 6.16. The fourth-order valence-electron chi connectivity index (χ4n) is 2.87. The van der Waals surface area contributed by atoms with Crippen molar-refractivity contribution in [1.82, 2.24) is 0 Å². The largest absolute Gasteiger partial charge is 0.481 e. The number of carbonyl (C=O) groups excluding carboxylic acids is 1. The molecule has 9 heteroatoms. The van der Waals surface area contributed by atoms with Gasteiger partial charge in [-0.05, 0) is 73.5 Å². The predicted octanol–water partition coefficient (Wildman–Crippen LogP) is 5.90. The molecule has 1 amide bonds. The normalized spacial score (nSPS) is 12.1. The molecule has 0 unspecified atom stereocenters. The molecule has 0 aromatic heterocycles. The zero-order chi connectivity index (χ0) is 23.3. The lowest BCUT2D eigenvalue weighted by Gasteiger charge is -2.17. The summed E-state index contributed by atoms with van der Waals surface area (Å²) in [5.74, 6) is 0.138. The number of halogens is 2. The molecule has 3 aromatic rings. The summed E-state index contributed by atoms with van der Waals surface area (Å²) in [6.07, 6.45) is -0.294. The summed E-state index contributed by atoms with van der Waals surface area (Å²) >= 11 is 11.9. The van der Waals surface area contributed by atoms with Gasteiger partial charge in [0, 0.05) is 15.7 Å². The van der Waals surface area contributed by atoms with Gasteiger partial charge in [-0.3, -0.25) is 9.52 Å². The number of hydrogen-bond acceptors (Lipinski definition) is 4. The van der Waals surface area contributed by atoms with Crippen molar-refractivity contribution in [2.24, 2.45) is 0 Å². The van der Waals surface area contributed by atoms with E-state index in [0.29, 0.717) is 33.6 Å². The third-order valence-corrected chi connectivity index (χ3v) is 6.47. The van der Waals surface area contributed by atoms with Crippen molar-refractivity contribution in [2.75, 3.05) is 10.0 Å². The standard InChI is InChI=1S/C23H22Cl2N2O4S/c1-3-22(31-19-6-4-5-16(24)13-19)23(28)26-18-9-11-20(12-10-18)32(29,30)27-21-14-17(25)8-7-15(21)2/h4-14,22,27H,3H2,1-2H3,(H,26,28)/t22-/m0/s1. The Bertz CT molecular complexity index is 1210. The summed E-state index contributed by atoms with van der Waals surface area (Å²) in [4.78, 5) is 12.7. The van der Waals surface area contributed by atoms with Crippen LogP contribution in [0.3, 0.4) is 0 Å². The molecule has 168 valence electrons. The molecule has 0 fully saturated rings. The van der Waals surface area contributed by atoms with E-state index in [-0.39, 0.29) is 10.8 Å². The van der Waals surface area contributed by atoms with Crippen molar-refractivity contribution >= 4 is 50.5 Å². The molecule has 3 aromatic carbocycles. The molecule has 2 N–H and O–H groups in total. The van der Waals surface area contributed by atoms with Crippen molar-refractivity contribution in [3.8, 4) is 5.75 Å². The molecule has 0 aliphatic carbocycles. The number of nitrogens with one attached hydrogen (secondary N) is 2. The highest BCUT2D eigenvalue weighted by Crippen LogP contribution is 2.24. The van der Waals surface area contributed by atoms with Gasteiger partial charge < -0.3 is 10.1 Å². The Kier molecular flexibility index (Phi) is 7.66. The second kappa shape index (κ2) is 10.3. The number of amides is 1. The van der Waals surface area contributed by atoms with Crippen LogP contribution in [0.1, 0.15) is 18.9 Å². The Morgan fingerprint density at radius 3 is 2.34 bits per heavy atom. The lowest BCUT2D eigenvalue weighted by molar-refractivity contribution is -0.122. The van der Waals surface area contributed by atoms with Crippen LogP contribution in [0.5, 0.6) is 5.75 Å². The topological polar surface area (TPSA) is 84.5 Å². The molecule has 1 atom stereocenters. The van der Waals surface area contributed by atoms with Crippen LogP contribution >= 0.6 is 23.2 Å². The lowest BCUT2D eigenvalue weighted by atomic mass is 10.2. The van der Waals surface area contributed by atoms with Crippen LogP contribution < -0.4 is 14.8 Å². The summed E-state index contributed by atoms with van der Waals surface area (Å²) in [7, 11) is -3.82. The Hall–Kier alpha value is -2.74. The van der Waals surface area contributed by atoms with Gasteiger partial charge >= 0.3 is 0 Å². The van der Waals surface area contributed by atoms with Gasteiger partial charge in [0.25, 0.3) is 15.9 Å². The van der Waals surface area contributed by atoms with Gasteiger partial charge in [-0.15, -0.1) is 0 Å². The summed E-state index contributed by atoms with van der Waals surface area (Å²) < 4.78 is 33.7. The van der Waals surface area contributed by atoms with Crippen molar-refractivity contribution < 1.29 is 17.9 Å². The van der Waals surface area contributed by atoms with Crippen molar-refractivity contribution in [3.05, 3.63) is 82.3 Å². The lowest BCUT2D eigenvalue weighted by Crippen LogP contribution is -2.32. The maximum atomic E-state index is 12.7. The Balaban J connectivity index is 1.69. The first-order valence-electron chi connectivity index (χ1n) is 9.80. The number of sulfonamides is 1. The average molecular weight is 493 g/mol. The number of anilines is 2. The molecule has 0 aliphatic rings. The molecule has 0 bridgehead atoms. The van der Waals surface area contributed by atoms with Gasteiger partial charge in [0.1, 0.15) is 5.75 Å². The van der Waals surface area contributed by atoms with Gasteiger partial charge in [-0.2, -0.15) is 0 Å². The Morgan fingerprint density at radius 1 is 1.00 bits per heavy atom. The van der Waals surface area contributed by atoms with E-state index in [9.17, 15) is 13.2 Å². The molecular formula is C23H22Cl2N2O4S. The van der Waals surface area contributed by atoms with Crippen LogP contribution in [0.25, 0.3) is 0 Å². The number of benzene rings is 3. The van der Waals surface area contributed by atoms with Crippen LogP contribution in [0.15, 0.2) is 71.6 Å². The molecule has 3 rings (SSSR count). The van der Waals surface area contributed by atoms with Gasteiger partial charge in [-0.25, -0.2) is 8.42 Å². The Morgan fingerprint density at radius 2 is 1.69 bits per heavy atom. The molecule has 6 nitrogen and oxygen atoms in total. The first-order valence-corrected chi connectivity index (χ1v) is 12.0. The van der Waals surface area contributed by atoms with Crippen LogP contribution in [-0.2, 0) is 14.8 Å². The van der Waals surface area contributed by atoms with E-state index in [1.54, 1.807) is 49.4 Å². The van der Waals surface area contributed by atoms with Gasteiger partial charge in [0.05, 0.1) is 10.6 Å². The maximum absolute atomic E-state index is 12.7. The van der Waals surface area contributed by atoms with E-state index in [1.165, 1.54) is 24.3 Å². The second-order valence-electron chi connectivity index (χ2n) is 7.05. The second-order valence-corrected chi connectivity index (χ2v) is 9.61. The summed E-state index contributed by atoms with van der Waals surface area (Å²) in [5.41, 5.74) is 1.59. The quantitative estimate of drug-likeness (QED) is 0.409. The number of ether oxygens (including phenoxy) is 1. The van der Waals surface area contributed by atoms with Crippen LogP contribution in [0.2, 0.25) is 10.0 Å². The van der Waals surface area contributed by atoms with Crippen LogP contribution in [0.4, 0.5) is 11.4 Å². The van der Waals surface area contributed by atoms with E-state index in [4.69, 9.17) is 27.9 Å². The summed E-state index contributed by atoms with van der Waals surface area (Å²) in [6, 6.07) is 17.6. The molecule has 0 heterocycles. The number of hydrogen-bond donors (Lipinski definition) is 2. The van der Waals surface area contributed by atoms with E-state index < -0.39 is 16.1 Å². The minimum atomic E-state index is -3.82. The molecule has 0 saturated carbocycles. The molecule has 0 aliphatic heterocycles. The minimum Gasteiger partial charge on any atom is -0.481 e. The van der Waals surface area contributed by atoms with Crippen LogP contribution in [0, 0.1) is 6.92 Å². The minimum absolute atomic E-state index is 0.0529. The number of carbonyl (C=O) groups is 1. The van der Waals surface area contributed by atoms with E-state index in [1.807, 2.05) is 6.92 Å². The average Bonchev–Trinajstić information content (AvgIpc) is 2.75. The highest BCUT2D eigenvalue weighted by molar-refractivity contribution is 7.92. The number of rotatable bonds is 8. The van der Waals surface area contributed by atoms with Crippen molar-refractivity contribution in [2.45, 2.75) is 31.3 Å². The smallest absolute Gasteiger partial charge is 0.265 e. The first kappa shape index (κ1) is 23.9. The van der Waals surface area contributed by atoms with Gasteiger partial charge in [-0.1, -0.05) is 42.3 Å². The van der Waals surface area contributed by atoms with Gasteiger partial charge in [0.2, 0.25) is 0 Å². The van der Waals surface area contributed by atoms with E-state index in [0.717, 1.165) is 5.56 Å². The highest BCUT2D eigenvalue weighted by atomic mass is 35.5. The highest BCUT2D eigenvalue weighted by Gasteiger charge is 2.20. The molecule has 32 heavy (non-hydrogen) atoms. The molecule has 0 saturated heterocycles. The number of aryl methyl sites for hydroxylation is 1. The Labute approximate surface area is 197 Å². The van der Waals surface area contributed by atoms with Crippen molar-refractivity contribution in [1.29, 1.82) is 0 Å². The first-order chi connectivity index (χ1) is 15.2. The van der Waals surface area contributed by atoms with Crippen molar-refractivity contribution in [3.63, 3.8) is 0 Å². The third-order valence-electron chi connectivity index (χ3n) is 4.61. The predicted molar refractivity (Wildman–Crippen MR) is 128 cm³/mol. The zero-order valence-corrected chi connectivity index (χ0v) is 19.8. The fourth-order valence-corrected chi connectivity index (χ4v) is 4.35. The van der Waals surface area contributed by atoms with Gasteiger partial charge in [0.15, 0.2) is 6.10 Å². The zero-order valence-electron chi connectivity index (χ0n) is 17.4. The SMILES string of the molecule is CC[C@H](Oc1cccc(Cl)c1)C(=O)Nc1ccc(S(=O)(=O)Nc2cc(Cl)ccc2C)cc1. The monoisotopic (exact) mass is 492 g/mol. The fraction of sp³-hybridized carbons (Fsp3) is 0.174. The molecule has 0 radical (unpaired) electrons. The summed E-state index contributed by atoms with van der Waals surface area (Å²) in [6.45, 7) is 3.61.